The third kappa shape index (κ3) is 3.11. The summed E-state index contributed by atoms with van der Waals surface area (Å²) in [6, 6.07) is 0.238. The number of hydrogen-bond acceptors (Lipinski definition) is 3. The number of nitrogens with one attached hydrogen (secondary N) is 1. The number of amides is 1. The van der Waals surface area contributed by atoms with Crippen LogP contribution in [0.1, 0.15) is 32.1 Å². The molecule has 1 N–H and O–H groups in total. The summed E-state index contributed by atoms with van der Waals surface area (Å²) in [7, 11) is 0. The molecule has 0 aromatic rings. The molecule has 0 spiro atoms. The van der Waals surface area contributed by atoms with Crippen LogP contribution in [-0.4, -0.2) is 30.9 Å². The lowest BCUT2D eigenvalue weighted by Gasteiger charge is -2.24. The molecule has 2 aliphatic rings. The maximum absolute atomic E-state index is 11.7. The molecule has 1 saturated heterocycles. The smallest absolute Gasteiger partial charge is 0.220 e. The SMILES string of the molecule is O=C(CC1(CS)CC1)NC1CCCOC1. The second kappa shape index (κ2) is 4.74. The van der Waals surface area contributed by atoms with Gasteiger partial charge in [0.2, 0.25) is 5.91 Å². The predicted octanol–water partition coefficient (Wildman–Crippen LogP) is 1.38. The third-order valence-electron chi connectivity index (χ3n) is 3.35. The Hall–Kier alpha value is -0.220. The zero-order valence-electron chi connectivity index (χ0n) is 9.00. The van der Waals surface area contributed by atoms with Crippen molar-refractivity contribution in [2.75, 3.05) is 19.0 Å². The number of ether oxygens (including phenoxy) is 1. The Labute approximate surface area is 96.4 Å². The van der Waals surface area contributed by atoms with Gasteiger partial charge in [-0.2, -0.15) is 12.6 Å². The largest absolute Gasteiger partial charge is 0.379 e. The number of carbonyl (C=O) groups is 1. The Kier molecular flexibility index (Phi) is 3.57. The number of thiol groups is 1. The van der Waals surface area contributed by atoms with Gasteiger partial charge in [-0.05, 0) is 36.9 Å². The van der Waals surface area contributed by atoms with Gasteiger partial charge in [0.25, 0.3) is 0 Å². The summed E-state index contributed by atoms with van der Waals surface area (Å²) in [4.78, 5) is 11.7. The normalized spacial score (nSPS) is 28.5. The van der Waals surface area contributed by atoms with E-state index >= 15 is 0 Å². The fourth-order valence-corrected chi connectivity index (χ4v) is 2.47. The van der Waals surface area contributed by atoms with Gasteiger partial charge in [0.1, 0.15) is 0 Å². The first-order chi connectivity index (χ1) is 7.24. The predicted molar refractivity (Wildman–Crippen MR) is 62.1 cm³/mol. The average Bonchev–Trinajstić information content (AvgIpc) is 3.00. The maximum atomic E-state index is 11.7. The molecule has 0 bridgehead atoms. The highest BCUT2D eigenvalue weighted by atomic mass is 32.1. The van der Waals surface area contributed by atoms with Crippen LogP contribution < -0.4 is 5.32 Å². The molecule has 1 aliphatic heterocycles. The minimum Gasteiger partial charge on any atom is -0.379 e. The van der Waals surface area contributed by atoms with E-state index < -0.39 is 0 Å². The van der Waals surface area contributed by atoms with Crippen molar-refractivity contribution in [3.05, 3.63) is 0 Å². The van der Waals surface area contributed by atoms with Gasteiger partial charge in [0, 0.05) is 13.0 Å². The standard InChI is InChI=1S/C11H19NO2S/c13-10(6-11(8-15)3-4-11)12-9-2-1-5-14-7-9/h9,15H,1-8H2,(H,12,13). The Morgan fingerprint density at radius 3 is 2.87 bits per heavy atom. The van der Waals surface area contributed by atoms with E-state index in [1.165, 1.54) is 0 Å². The summed E-state index contributed by atoms with van der Waals surface area (Å²) in [5.41, 5.74) is 0.225. The first-order valence-corrected chi connectivity index (χ1v) is 6.35. The highest BCUT2D eigenvalue weighted by Crippen LogP contribution is 2.49. The third-order valence-corrected chi connectivity index (χ3v) is 4.02. The Bertz CT molecular complexity index is 235. The molecular formula is C11H19NO2S. The van der Waals surface area contributed by atoms with Gasteiger partial charge in [-0.1, -0.05) is 0 Å². The van der Waals surface area contributed by atoms with Crippen molar-refractivity contribution in [1.82, 2.24) is 5.32 Å². The summed E-state index contributed by atoms with van der Waals surface area (Å²) >= 11 is 4.30. The quantitative estimate of drug-likeness (QED) is 0.715. The van der Waals surface area contributed by atoms with Crippen LogP contribution in [0.5, 0.6) is 0 Å². The van der Waals surface area contributed by atoms with Crippen LogP contribution >= 0.6 is 12.6 Å². The summed E-state index contributed by atoms with van der Waals surface area (Å²) in [5, 5.41) is 3.05. The highest BCUT2D eigenvalue weighted by molar-refractivity contribution is 7.80. The van der Waals surface area contributed by atoms with Crippen molar-refractivity contribution in [3.63, 3.8) is 0 Å². The van der Waals surface area contributed by atoms with Gasteiger partial charge < -0.3 is 10.1 Å². The average molecular weight is 229 g/mol. The molecule has 1 unspecified atom stereocenters. The molecule has 1 amide bonds. The zero-order valence-corrected chi connectivity index (χ0v) is 9.89. The summed E-state index contributed by atoms with van der Waals surface area (Å²) in [6.45, 7) is 1.52. The van der Waals surface area contributed by atoms with Crippen molar-refractivity contribution in [2.45, 2.75) is 38.1 Å². The van der Waals surface area contributed by atoms with E-state index in [0.29, 0.717) is 13.0 Å². The number of hydrogen-bond donors (Lipinski definition) is 2. The number of rotatable bonds is 4. The molecule has 0 aromatic heterocycles. The van der Waals surface area contributed by atoms with Crippen LogP contribution in [0, 0.1) is 5.41 Å². The van der Waals surface area contributed by atoms with Gasteiger partial charge in [0.15, 0.2) is 0 Å². The van der Waals surface area contributed by atoms with Gasteiger partial charge in [-0.15, -0.1) is 0 Å². The summed E-state index contributed by atoms with van der Waals surface area (Å²) in [5.74, 6) is 1.01. The minimum absolute atomic E-state index is 0.178. The first-order valence-electron chi connectivity index (χ1n) is 5.72. The fourth-order valence-electron chi connectivity index (χ4n) is 2.04. The highest BCUT2D eigenvalue weighted by Gasteiger charge is 2.43. The van der Waals surface area contributed by atoms with E-state index in [2.05, 4.69) is 17.9 Å². The molecule has 0 aromatic carbocycles. The minimum atomic E-state index is 0.178. The lowest BCUT2D eigenvalue weighted by Crippen LogP contribution is -2.41. The van der Waals surface area contributed by atoms with Crippen LogP contribution in [0.2, 0.25) is 0 Å². The molecule has 2 rings (SSSR count). The molecule has 1 heterocycles. The van der Waals surface area contributed by atoms with E-state index in [0.717, 1.165) is 38.0 Å². The van der Waals surface area contributed by atoms with E-state index in [1.807, 2.05) is 0 Å². The van der Waals surface area contributed by atoms with Crippen LogP contribution in [-0.2, 0) is 9.53 Å². The van der Waals surface area contributed by atoms with Gasteiger partial charge in [0.05, 0.1) is 12.6 Å². The molecule has 3 nitrogen and oxygen atoms in total. The lowest BCUT2D eigenvalue weighted by molar-refractivity contribution is -0.123. The monoisotopic (exact) mass is 229 g/mol. The molecule has 2 fully saturated rings. The molecule has 15 heavy (non-hydrogen) atoms. The second-order valence-electron chi connectivity index (χ2n) is 4.82. The topological polar surface area (TPSA) is 38.3 Å². The first kappa shape index (κ1) is 11.3. The van der Waals surface area contributed by atoms with Crippen molar-refractivity contribution in [1.29, 1.82) is 0 Å². The molecule has 0 radical (unpaired) electrons. The second-order valence-corrected chi connectivity index (χ2v) is 5.13. The molecular weight excluding hydrogens is 210 g/mol. The molecule has 4 heteroatoms. The van der Waals surface area contributed by atoms with Crippen LogP contribution in [0.15, 0.2) is 0 Å². The van der Waals surface area contributed by atoms with E-state index in [9.17, 15) is 4.79 Å². The van der Waals surface area contributed by atoms with Crippen molar-refractivity contribution >= 4 is 18.5 Å². The molecule has 86 valence electrons. The van der Waals surface area contributed by atoms with Crippen LogP contribution in [0.4, 0.5) is 0 Å². The molecule has 1 atom stereocenters. The molecule has 1 aliphatic carbocycles. The zero-order chi connectivity index (χ0) is 10.7. The van der Waals surface area contributed by atoms with Crippen LogP contribution in [0.3, 0.4) is 0 Å². The van der Waals surface area contributed by atoms with E-state index in [-0.39, 0.29) is 17.4 Å². The Morgan fingerprint density at radius 2 is 2.33 bits per heavy atom. The van der Waals surface area contributed by atoms with Crippen LogP contribution in [0.25, 0.3) is 0 Å². The summed E-state index contributed by atoms with van der Waals surface area (Å²) in [6.07, 6.45) is 5.07. The van der Waals surface area contributed by atoms with Crippen molar-refractivity contribution < 1.29 is 9.53 Å². The van der Waals surface area contributed by atoms with Crippen molar-refractivity contribution in [2.24, 2.45) is 5.41 Å². The number of carbonyl (C=O) groups excluding carboxylic acids is 1. The Balaban J connectivity index is 1.72. The van der Waals surface area contributed by atoms with E-state index in [1.54, 1.807) is 0 Å². The fraction of sp³-hybridized carbons (Fsp3) is 0.909. The van der Waals surface area contributed by atoms with Gasteiger partial charge in [-0.25, -0.2) is 0 Å². The van der Waals surface area contributed by atoms with Crippen molar-refractivity contribution in [3.8, 4) is 0 Å². The van der Waals surface area contributed by atoms with Gasteiger partial charge >= 0.3 is 0 Å². The lowest BCUT2D eigenvalue weighted by atomic mass is 10.0. The van der Waals surface area contributed by atoms with Gasteiger partial charge in [-0.3, -0.25) is 4.79 Å². The Morgan fingerprint density at radius 1 is 1.53 bits per heavy atom. The van der Waals surface area contributed by atoms with E-state index in [4.69, 9.17) is 4.74 Å². The molecule has 1 saturated carbocycles. The summed E-state index contributed by atoms with van der Waals surface area (Å²) < 4.78 is 5.33. The maximum Gasteiger partial charge on any atom is 0.220 e.